The highest BCUT2D eigenvalue weighted by atomic mass is 32.1. The summed E-state index contributed by atoms with van der Waals surface area (Å²) in [6.07, 6.45) is 3.49. The second-order valence-corrected chi connectivity index (χ2v) is 10.4. The lowest BCUT2D eigenvalue weighted by Crippen LogP contribution is -1.97. The van der Waals surface area contributed by atoms with Gasteiger partial charge in [-0.05, 0) is 67.4 Å². The third-order valence-electron chi connectivity index (χ3n) is 6.83. The molecule has 0 aliphatic heterocycles. The number of rotatable bonds is 2. The predicted octanol–water partition coefficient (Wildman–Crippen LogP) is 7.65. The molecular weight excluding hydrogens is 564 g/mol. The van der Waals surface area contributed by atoms with Crippen LogP contribution in [0.3, 0.4) is 0 Å². The zero-order chi connectivity index (χ0) is 31.1. The van der Waals surface area contributed by atoms with Crippen molar-refractivity contribution in [2.45, 2.75) is 13.8 Å². The van der Waals surface area contributed by atoms with Crippen molar-refractivity contribution in [2.75, 3.05) is 0 Å². The third-order valence-corrected chi connectivity index (χ3v) is 7.09. The molecule has 0 unspecified atom stereocenters. The Morgan fingerprint density at radius 2 is 1.07 bits per heavy atom. The highest BCUT2D eigenvalue weighted by molar-refractivity contribution is 7.97. The molecule has 0 saturated carbocycles. The fourth-order valence-electron chi connectivity index (χ4n) is 4.34. The first-order chi connectivity index (χ1) is 21.3. The molecule has 4 aromatic carbocycles. The van der Waals surface area contributed by atoms with Gasteiger partial charge in [-0.2, -0.15) is 0 Å². The van der Waals surface area contributed by atoms with Gasteiger partial charge in [0.25, 0.3) is 0 Å². The summed E-state index contributed by atoms with van der Waals surface area (Å²) >= 11 is 3.85. The third kappa shape index (κ3) is 7.38. The minimum Gasteiger partial charge on any atom is -0.478 e. The van der Waals surface area contributed by atoms with Crippen LogP contribution in [0.2, 0.25) is 0 Å². The standard InChI is InChI=1S/C19H13NO2.C19H13NOS/c2*1-13-6-8-17(19(21)22)11-15(13)9-7-14-10-16-4-2-3-5-18(16)20-12-14/h2*2-6,8,10-12H,1H3,(H,21,22). The van der Waals surface area contributed by atoms with Crippen molar-refractivity contribution in [3.8, 4) is 23.7 Å². The smallest absolute Gasteiger partial charge is 0.335 e. The number of fused-ring (bicyclic) bond motifs is 2. The molecule has 0 aliphatic carbocycles. The Labute approximate surface area is 261 Å². The lowest BCUT2D eigenvalue weighted by molar-refractivity contribution is 0.0696. The summed E-state index contributed by atoms with van der Waals surface area (Å²) in [7, 11) is 0. The molecule has 0 bridgehead atoms. The van der Waals surface area contributed by atoms with E-state index in [0.717, 1.165) is 49.6 Å². The summed E-state index contributed by atoms with van der Waals surface area (Å²) in [6, 6.07) is 30.1. The molecule has 0 saturated heterocycles. The van der Waals surface area contributed by atoms with Gasteiger partial charge in [0, 0.05) is 51.0 Å². The van der Waals surface area contributed by atoms with Crippen molar-refractivity contribution in [3.05, 3.63) is 154 Å². The van der Waals surface area contributed by atoms with E-state index in [-0.39, 0.29) is 10.7 Å². The van der Waals surface area contributed by atoms with Gasteiger partial charge in [-0.25, -0.2) is 4.79 Å². The topological polar surface area (TPSA) is 80.1 Å². The summed E-state index contributed by atoms with van der Waals surface area (Å²) < 4.78 is 0. The fourth-order valence-corrected chi connectivity index (χ4v) is 4.48. The molecule has 0 amide bonds. The zero-order valence-corrected chi connectivity index (χ0v) is 24.9. The molecule has 1 N–H and O–H groups in total. The van der Waals surface area contributed by atoms with Gasteiger partial charge in [0.2, 0.25) is 5.12 Å². The monoisotopic (exact) mass is 590 g/mol. The number of benzene rings is 4. The second kappa shape index (κ2) is 13.5. The molecule has 0 fully saturated rings. The molecule has 212 valence electrons. The van der Waals surface area contributed by atoms with E-state index in [4.69, 9.17) is 5.11 Å². The Kier molecular flexibility index (Phi) is 9.16. The summed E-state index contributed by atoms with van der Waals surface area (Å²) in [5.74, 6) is 11.4. The highest BCUT2D eigenvalue weighted by Gasteiger charge is 2.05. The number of nitrogens with zero attached hydrogens (tertiary/aromatic N) is 2. The van der Waals surface area contributed by atoms with Gasteiger partial charge in [-0.15, -0.1) is 12.6 Å². The van der Waals surface area contributed by atoms with E-state index in [9.17, 15) is 9.59 Å². The first-order valence-corrected chi connectivity index (χ1v) is 14.1. The Morgan fingerprint density at radius 3 is 1.55 bits per heavy atom. The molecular formula is C38H26N2O3S. The quantitative estimate of drug-likeness (QED) is 0.160. The summed E-state index contributed by atoms with van der Waals surface area (Å²) in [5.41, 5.74) is 7.84. The normalized spacial score (nSPS) is 10.1. The van der Waals surface area contributed by atoms with Crippen LogP contribution in [-0.2, 0) is 0 Å². The number of carbonyl (C=O) groups is 2. The number of para-hydroxylation sites is 2. The van der Waals surface area contributed by atoms with Gasteiger partial charge >= 0.3 is 5.97 Å². The van der Waals surface area contributed by atoms with E-state index < -0.39 is 5.97 Å². The van der Waals surface area contributed by atoms with Gasteiger partial charge < -0.3 is 5.11 Å². The van der Waals surface area contributed by atoms with Crippen molar-refractivity contribution in [1.82, 2.24) is 9.97 Å². The van der Waals surface area contributed by atoms with E-state index in [1.54, 1.807) is 42.7 Å². The number of pyridine rings is 2. The van der Waals surface area contributed by atoms with E-state index in [0.29, 0.717) is 11.1 Å². The maximum absolute atomic E-state index is 11.3. The number of carbonyl (C=O) groups excluding carboxylic acids is 1. The number of carboxylic acid groups (broad SMARTS) is 1. The van der Waals surface area contributed by atoms with Crippen molar-refractivity contribution in [3.63, 3.8) is 0 Å². The van der Waals surface area contributed by atoms with Gasteiger partial charge in [0.15, 0.2) is 0 Å². The summed E-state index contributed by atoms with van der Waals surface area (Å²) in [6.45, 7) is 3.88. The van der Waals surface area contributed by atoms with E-state index in [2.05, 4.69) is 46.3 Å². The first-order valence-electron chi connectivity index (χ1n) is 13.7. The average Bonchev–Trinajstić information content (AvgIpc) is 3.04. The van der Waals surface area contributed by atoms with E-state index in [1.807, 2.05) is 80.6 Å². The SMILES string of the molecule is Cc1ccc(C(=O)O)cc1C#Cc1cnc2ccccc2c1.Cc1ccc(C(=O)S)cc1C#Cc1cnc2ccccc2c1. The van der Waals surface area contributed by atoms with Gasteiger partial charge in [-0.1, -0.05) is 78.3 Å². The van der Waals surface area contributed by atoms with Crippen molar-refractivity contribution >= 4 is 45.5 Å². The molecule has 2 aromatic heterocycles. The van der Waals surface area contributed by atoms with Crippen LogP contribution in [0.4, 0.5) is 0 Å². The molecule has 6 heteroatoms. The highest BCUT2D eigenvalue weighted by Crippen LogP contribution is 2.16. The number of hydrogen-bond acceptors (Lipinski definition) is 4. The number of hydrogen-bond donors (Lipinski definition) is 2. The van der Waals surface area contributed by atoms with Crippen molar-refractivity contribution in [1.29, 1.82) is 0 Å². The summed E-state index contributed by atoms with van der Waals surface area (Å²) in [4.78, 5) is 31.1. The number of aryl methyl sites for hydroxylation is 2. The average molecular weight is 591 g/mol. The molecule has 0 radical (unpaired) electrons. The van der Waals surface area contributed by atoms with Crippen LogP contribution in [0.25, 0.3) is 21.8 Å². The molecule has 6 rings (SSSR count). The molecule has 44 heavy (non-hydrogen) atoms. The van der Waals surface area contributed by atoms with Crippen molar-refractivity contribution in [2.24, 2.45) is 0 Å². The molecule has 0 aliphatic rings. The maximum atomic E-state index is 11.3. The Bertz CT molecular complexity index is 2030. The van der Waals surface area contributed by atoms with Gasteiger partial charge in [-0.3, -0.25) is 14.8 Å². The minimum absolute atomic E-state index is 0.242. The van der Waals surface area contributed by atoms with Crippen LogP contribution in [0, 0.1) is 37.5 Å². The van der Waals surface area contributed by atoms with Gasteiger partial charge in [0.05, 0.1) is 16.6 Å². The number of thiol groups is 1. The largest absolute Gasteiger partial charge is 0.478 e. The second-order valence-electron chi connectivity index (χ2n) is 10.0. The van der Waals surface area contributed by atoms with Crippen molar-refractivity contribution < 1.29 is 14.7 Å². The fraction of sp³-hybridized carbons (Fsp3) is 0.0526. The Hall–Kier alpha value is -5.69. The lowest BCUT2D eigenvalue weighted by atomic mass is 10.0. The number of aromatic carboxylic acids is 1. The van der Waals surface area contributed by atoms with E-state index >= 15 is 0 Å². The van der Waals surface area contributed by atoms with Gasteiger partial charge in [0.1, 0.15) is 0 Å². The Morgan fingerprint density at radius 1 is 0.614 bits per heavy atom. The van der Waals surface area contributed by atoms with Crippen LogP contribution < -0.4 is 0 Å². The Balaban J connectivity index is 0.000000175. The van der Waals surface area contributed by atoms with Crippen LogP contribution in [0.15, 0.2) is 109 Å². The van der Waals surface area contributed by atoms with Crippen LogP contribution in [-0.4, -0.2) is 26.2 Å². The van der Waals surface area contributed by atoms with E-state index in [1.165, 1.54) is 0 Å². The molecule has 0 atom stereocenters. The molecule has 6 aromatic rings. The van der Waals surface area contributed by atoms with Crippen LogP contribution in [0.5, 0.6) is 0 Å². The zero-order valence-electron chi connectivity index (χ0n) is 24.0. The minimum atomic E-state index is -0.949. The predicted molar refractivity (Wildman–Crippen MR) is 178 cm³/mol. The molecule has 2 heterocycles. The number of carboxylic acids is 1. The lowest BCUT2D eigenvalue weighted by Gasteiger charge is -2.00. The molecule has 0 spiro atoms. The van der Waals surface area contributed by atoms with Crippen LogP contribution in [0.1, 0.15) is 54.1 Å². The number of aromatic nitrogens is 2. The molecule has 5 nitrogen and oxygen atoms in total. The van der Waals surface area contributed by atoms with Crippen LogP contribution >= 0.6 is 12.6 Å². The maximum Gasteiger partial charge on any atom is 0.335 e. The first kappa shape index (κ1) is 29.8. The summed E-state index contributed by atoms with van der Waals surface area (Å²) in [5, 5.41) is 10.9.